The average molecular weight is 326 g/mol. The summed E-state index contributed by atoms with van der Waals surface area (Å²) in [5, 5.41) is 0. The fourth-order valence-corrected chi connectivity index (χ4v) is 2.84. The van der Waals surface area contributed by atoms with Crippen LogP contribution in [0.15, 0.2) is 54.6 Å². The van der Waals surface area contributed by atoms with E-state index >= 15 is 0 Å². The zero-order valence-corrected chi connectivity index (χ0v) is 14.4. The van der Waals surface area contributed by atoms with Gasteiger partial charge in [-0.05, 0) is 30.5 Å². The Morgan fingerprint density at radius 1 is 1.12 bits per heavy atom. The molecule has 1 unspecified atom stereocenters. The minimum absolute atomic E-state index is 0.0561. The number of nitrogens with zero attached hydrogens (tertiary/aromatic N) is 1. The molecule has 0 aliphatic heterocycles. The van der Waals surface area contributed by atoms with E-state index in [4.69, 9.17) is 10.5 Å². The standard InChI is InChI=1S/C20H26N2O2/c1-16(14-18-10-6-7-11-19(18)24-2)22(20(23)12-13-21)15-17-8-4-3-5-9-17/h3-11,16H,12-15,21H2,1-2H3. The summed E-state index contributed by atoms with van der Waals surface area (Å²) in [5.41, 5.74) is 7.81. The van der Waals surface area contributed by atoms with Gasteiger partial charge in [-0.2, -0.15) is 0 Å². The first-order chi connectivity index (χ1) is 11.7. The van der Waals surface area contributed by atoms with Crippen LogP contribution in [0.25, 0.3) is 0 Å². The zero-order valence-electron chi connectivity index (χ0n) is 14.4. The summed E-state index contributed by atoms with van der Waals surface area (Å²) >= 11 is 0. The third-order valence-electron chi connectivity index (χ3n) is 4.11. The first-order valence-electron chi connectivity index (χ1n) is 8.31. The largest absolute Gasteiger partial charge is 0.496 e. The number of nitrogens with two attached hydrogens (primary N) is 1. The second-order valence-electron chi connectivity index (χ2n) is 5.91. The molecule has 1 amide bonds. The highest BCUT2D eigenvalue weighted by atomic mass is 16.5. The average Bonchev–Trinajstić information content (AvgIpc) is 2.61. The highest BCUT2D eigenvalue weighted by Gasteiger charge is 2.21. The number of rotatable bonds is 8. The van der Waals surface area contributed by atoms with Crippen molar-refractivity contribution in [2.45, 2.75) is 32.4 Å². The lowest BCUT2D eigenvalue weighted by Gasteiger charge is -2.30. The summed E-state index contributed by atoms with van der Waals surface area (Å²) in [6.45, 7) is 3.03. The molecule has 0 spiro atoms. The number of hydrogen-bond acceptors (Lipinski definition) is 3. The maximum atomic E-state index is 12.5. The summed E-state index contributed by atoms with van der Waals surface area (Å²) in [4.78, 5) is 14.5. The van der Waals surface area contributed by atoms with Gasteiger partial charge in [-0.1, -0.05) is 48.5 Å². The lowest BCUT2D eigenvalue weighted by molar-refractivity contribution is -0.133. The molecule has 2 rings (SSSR count). The molecule has 0 radical (unpaired) electrons. The van der Waals surface area contributed by atoms with Gasteiger partial charge >= 0.3 is 0 Å². The van der Waals surface area contributed by atoms with E-state index in [9.17, 15) is 4.79 Å². The van der Waals surface area contributed by atoms with Crippen LogP contribution in [-0.2, 0) is 17.8 Å². The Hall–Kier alpha value is -2.33. The zero-order chi connectivity index (χ0) is 17.4. The van der Waals surface area contributed by atoms with Gasteiger partial charge in [-0.25, -0.2) is 0 Å². The molecule has 1 atom stereocenters. The van der Waals surface area contributed by atoms with Gasteiger partial charge in [0.05, 0.1) is 7.11 Å². The van der Waals surface area contributed by atoms with Crippen LogP contribution in [0.4, 0.5) is 0 Å². The summed E-state index contributed by atoms with van der Waals surface area (Å²) in [7, 11) is 1.67. The number of carbonyl (C=O) groups excluding carboxylic acids is 1. The minimum Gasteiger partial charge on any atom is -0.496 e. The molecule has 2 aromatic carbocycles. The molecule has 0 fully saturated rings. The number of benzene rings is 2. The van der Waals surface area contributed by atoms with Crippen LogP contribution in [-0.4, -0.2) is 30.5 Å². The molecule has 2 aromatic rings. The van der Waals surface area contributed by atoms with Gasteiger partial charge in [-0.3, -0.25) is 4.79 Å². The Labute approximate surface area is 144 Å². The number of para-hydroxylation sites is 1. The van der Waals surface area contributed by atoms with Crippen LogP contribution >= 0.6 is 0 Å². The number of methoxy groups -OCH3 is 1. The molecule has 128 valence electrons. The normalized spacial score (nSPS) is 11.8. The predicted octanol–water partition coefficient (Wildman–Crippen LogP) is 3.00. The summed E-state index contributed by atoms with van der Waals surface area (Å²) in [6, 6.07) is 18.0. The van der Waals surface area contributed by atoms with E-state index in [1.807, 2.05) is 59.5 Å². The third-order valence-corrected chi connectivity index (χ3v) is 4.11. The number of ether oxygens (including phenoxy) is 1. The SMILES string of the molecule is COc1ccccc1CC(C)N(Cc1ccccc1)C(=O)CCN. The summed E-state index contributed by atoms with van der Waals surface area (Å²) in [6.07, 6.45) is 1.11. The van der Waals surface area contributed by atoms with Gasteiger partial charge in [0, 0.05) is 25.6 Å². The van der Waals surface area contributed by atoms with Gasteiger partial charge < -0.3 is 15.4 Å². The van der Waals surface area contributed by atoms with Gasteiger partial charge in [0.25, 0.3) is 0 Å². The molecule has 4 nitrogen and oxygen atoms in total. The molecule has 0 heterocycles. The van der Waals surface area contributed by atoms with E-state index in [1.165, 1.54) is 0 Å². The fraction of sp³-hybridized carbons (Fsp3) is 0.350. The molecule has 0 aliphatic carbocycles. The van der Waals surface area contributed by atoms with Crippen LogP contribution < -0.4 is 10.5 Å². The lowest BCUT2D eigenvalue weighted by Crippen LogP contribution is -2.40. The van der Waals surface area contributed by atoms with Gasteiger partial charge in [0.2, 0.25) is 5.91 Å². The molecule has 24 heavy (non-hydrogen) atoms. The minimum atomic E-state index is 0.0561. The number of amides is 1. The van der Waals surface area contributed by atoms with E-state index in [2.05, 4.69) is 6.92 Å². The van der Waals surface area contributed by atoms with Crippen molar-refractivity contribution in [3.63, 3.8) is 0 Å². The van der Waals surface area contributed by atoms with E-state index < -0.39 is 0 Å². The Kier molecular flexibility index (Phi) is 6.82. The highest BCUT2D eigenvalue weighted by Crippen LogP contribution is 2.21. The van der Waals surface area contributed by atoms with Crippen molar-refractivity contribution < 1.29 is 9.53 Å². The maximum absolute atomic E-state index is 12.5. The second kappa shape index (κ2) is 9.08. The van der Waals surface area contributed by atoms with Gasteiger partial charge in [0.1, 0.15) is 5.75 Å². The fourth-order valence-electron chi connectivity index (χ4n) is 2.84. The number of hydrogen-bond donors (Lipinski definition) is 1. The molecule has 0 aromatic heterocycles. The molecule has 4 heteroatoms. The highest BCUT2D eigenvalue weighted by molar-refractivity contribution is 5.76. The van der Waals surface area contributed by atoms with Crippen molar-refractivity contribution in [1.82, 2.24) is 4.90 Å². The first kappa shape index (κ1) is 18.0. The molecule has 0 bridgehead atoms. The monoisotopic (exact) mass is 326 g/mol. The van der Waals surface area contributed by atoms with Crippen molar-refractivity contribution >= 4 is 5.91 Å². The van der Waals surface area contributed by atoms with Crippen LogP contribution in [0.2, 0.25) is 0 Å². The predicted molar refractivity (Wildman–Crippen MR) is 96.8 cm³/mol. The van der Waals surface area contributed by atoms with Crippen LogP contribution in [0.1, 0.15) is 24.5 Å². The first-order valence-corrected chi connectivity index (χ1v) is 8.31. The quantitative estimate of drug-likeness (QED) is 0.811. The molecular formula is C20H26N2O2. The molecular weight excluding hydrogens is 300 g/mol. The Bertz CT molecular complexity index is 643. The van der Waals surface area contributed by atoms with E-state index in [0.717, 1.165) is 23.3 Å². The van der Waals surface area contributed by atoms with Crippen molar-refractivity contribution in [1.29, 1.82) is 0 Å². The van der Waals surface area contributed by atoms with E-state index in [1.54, 1.807) is 7.11 Å². The van der Waals surface area contributed by atoms with Gasteiger partial charge in [0.15, 0.2) is 0 Å². The maximum Gasteiger partial charge on any atom is 0.224 e. The van der Waals surface area contributed by atoms with E-state index in [-0.39, 0.29) is 11.9 Å². The second-order valence-corrected chi connectivity index (χ2v) is 5.91. The smallest absolute Gasteiger partial charge is 0.224 e. The van der Waals surface area contributed by atoms with Crippen molar-refractivity contribution in [2.75, 3.05) is 13.7 Å². The Morgan fingerprint density at radius 2 is 1.79 bits per heavy atom. The molecule has 0 saturated carbocycles. The summed E-state index contributed by atoms with van der Waals surface area (Å²) in [5.74, 6) is 0.944. The van der Waals surface area contributed by atoms with Crippen molar-refractivity contribution in [3.8, 4) is 5.75 Å². The van der Waals surface area contributed by atoms with E-state index in [0.29, 0.717) is 19.5 Å². The van der Waals surface area contributed by atoms with Crippen LogP contribution in [0.5, 0.6) is 5.75 Å². The van der Waals surface area contributed by atoms with Crippen LogP contribution in [0.3, 0.4) is 0 Å². The Balaban J connectivity index is 2.17. The molecule has 0 saturated heterocycles. The topological polar surface area (TPSA) is 55.6 Å². The van der Waals surface area contributed by atoms with Crippen molar-refractivity contribution in [2.24, 2.45) is 5.73 Å². The third kappa shape index (κ3) is 4.83. The molecule has 0 aliphatic rings. The van der Waals surface area contributed by atoms with Gasteiger partial charge in [-0.15, -0.1) is 0 Å². The summed E-state index contributed by atoms with van der Waals surface area (Å²) < 4.78 is 5.43. The Morgan fingerprint density at radius 3 is 2.46 bits per heavy atom. The van der Waals surface area contributed by atoms with Crippen molar-refractivity contribution in [3.05, 3.63) is 65.7 Å². The lowest BCUT2D eigenvalue weighted by atomic mass is 10.0. The molecule has 2 N–H and O–H groups in total. The number of carbonyl (C=O) groups is 1. The van der Waals surface area contributed by atoms with Crippen LogP contribution in [0, 0.1) is 0 Å².